The van der Waals surface area contributed by atoms with Gasteiger partial charge in [0.2, 0.25) is 0 Å². The van der Waals surface area contributed by atoms with E-state index in [1.165, 1.54) is 5.56 Å². The molecule has 2 aromatic rings. The average Bonchev–Trinajstić information content (AvgIpc) is 2.76. The fourth-order valence-electron chi connectivity index (χ4n) is 3.43. The maximum atomic E-state index is 14.6. The van der Waals surface area contributed by atoms with Crippen LogP contribution in [-0.4, -0.2) is 45.4 Å². The van der Waals surface area contributed by atoms with Crippen LogP contribution in [0.4, 0.5) is 10.1 Å². The van der Waals surface area contributed by atoms with Gasteiger partial charge in [-0.25, -0.2) is 4.39 Å². The molecule has 156 valence electrons. The van der Waals surface area contributed by atoms with Crippen LogP contribution in [0.3, 0.4) is 0 Å². The van der Waals surface area contributed by atoms with Crippen LogP contribution in [0, 0.1) is 5.82 Å². The van der Waals surface area contributed by atoms with Crippen LogP contribution in [0.5, 0.6) is 0 Å². The zero-order valence-corrected chi connectivity index (χ0v) is 17.3. The van der Waals surface area contributed by atoms with Gasteiger partial charge >= 0.3 is 0 Å². The molecule has 0 aliphatic carbocycles. The summed E-state index contributed by atoms with van der Waals surface area (Å²) < 4.78 is 19.9. The second-order valence-electron chi connectivity index (χ2n) is 7.38. The van der Waals surface area contributed by atoms with E-state index in [4.69, 9.17) is 4.74 Å². The maximum Gasteiger partial charge on any atom is 0.191 e. The topological polar surface area (TPSA) is 48.9 Å². The van der Waals surface area contributed by atoms with Gasteiger partial charge in [-0.2, -0.15) is 0 Å². The van der Waals surface area contributed by atoms with Crippen molar-refractivity contribution in [3.8, 4) is 0 Å². The van der Waals surface area contributed by atoms with Gasteiger partial charge in [0, 0.05) is 32.7 Å². The van der Waals surface area contributed by atoms with Crippen LogP contribution in [0.2, 0.25) is 0 Å². The van der Waals surface area contributed by atoms with Crippen molar-refractivity contribution >= 4 is 11.6 Å². The van der Waals surface area contributed by atoms with Crippen LogP contribution in [-0.2, 0) is 17.7 Å². The molecule has 1 heterocycles. The van der Waals surface area contributed by atoms with Crippen molar-refractivity contribution in [1.29, 1.82) is 0 Å². The van der Waals surface area contributed by atoms with E-state index in [-0.39, 0.29) is 11.9 Å². The Morgan fingerprint density at radius 1 is 1.14 bits per heavy atom. The molecule has 1 aliphatic heterocycles. The number of nitrogens with one attached hydrogen (secondary N) is 2. The van der Waals surface area contributed by atoms with Gasteiger partial charge in [-0.3, -0.25) is 4.99 Å². The Labute approximate surface area is 173 Å². The number of guanidine groups is 1. The number of nitrogens with zero attached hydrogens (tertiary/aromatic N) is 2. The lowest BCUT2D eigenvalue weighted by molar-refractivity contribution is 0.122. The Balaban J connectivity index is 1.47. The van der Waals surface area contributed by atoms with E-state index in [0.29, 0.717) is 25.4 Å². The third kappa shape index (κ3) is 6.46. The fourth-order valence-corrected chi connectivity index (χ4v) is 3.43. The molecule has 0 spiro atoms. The highest BCUT2D eigenvalue weighted by Gasteiger charge is 2.15. The Kier molecular flexibility index (Phi) is 7.87. The van der Waals surface area contributed by atoms with Crippen molar-refractivity contribution in [2.45, 2.75) is 32.4 Å². The summed E-state index contributed by atoms with van der Waals surface area (Å²) in [6, 6.07) is 16.2. The molecule has 29 heavy (non-hydrogen) atoms. The normalized spacial score (nSPS) is 15.8. The van der Waals surface area contributed by atoms with Gasteiger partial charge in [0.25, 0.3) is 0 Å². The van der Waals surface area contributed by atoms with Crippen LogP contribution in [0.1, 0.15) is 24.5 Å². The summed E-state index contributed by atoms with van der Waals surface area (Å²) in [5, 5.41) is 6.69. The molecular weight excluding hydrogens is 367 g/mol. The quantitative estimate of drug-likeness (QED) is 0.555. The summed E-state index contributed by atoms with van der Waals surface area (Å²) in [5.41, 5.74) is 2.87. The lowest BCUT2D eigenvalue weighted by Crippen LogP contribution is -2.42. The summed E-state index contributed by atoms with van der Waals surface area (Å²) in [5.74, 6) is 0.536. The van der Waals surface area contributed by atoms with Crippen LogP contribution in [0.15, 0.2) is 53.5 Å². The Bertz CT molecular complexity index is 791. The molecule has 0 saturated carbocycles. The summed E-state index contributed by atoms with van der Waals surface area (Å²) >= 11 is 0. The number of morpholine rings is 1. The SMILES string of the molecule is CN=C(NCc1ccc(N2CCOCC2)c(F)c1)NC(C)CCc1ccccc1. The van der Waals surface area contributed by atoms with Crippen LogP contribution in [0.25, 0.3) is 0 Å². The number of rotatable bonds is 7. The molecule has 1 fully saturated rings. The van der Waals surface area contributed by atoms with Gasteiger partial charge in [0.05, 0.1) is 18.9 Å². The monoisotopic (exact) mass is 398 g/mol. The summed E-state index contributed by atoms with van der Waals surface area (Å²) in [6.45, 7) is 5.41. The van der Waals surface area contributed by atoms with Crippen molar-refractivity contribution < 1.29 is 9.13 Å². The van der Waals surface area contributed by atoms with Crippen LogP contribution < -0.4 is 15.5 Å². The first-order valence-electron chi connectivity index (χ1n) is 10.3. The summed E-state index contributed by atoms with van der Waals surface area (Å²) in [6.07, 6.45) is 2.02. The number of aryl methyl sites for hydroxylation is 1. The number of anilines is 1. The molecule has 1 atom stereocenters. The van der Waals surface area contributed by atoms with Crippen molar-refractivity contribution in [3.05, 3.63) is 65.5 Å². The zero-order valence-electron chi connectivity index (χ0n) is 17.3. The predicted octanol–water partition coefficient (Wildman–Crippen LogP) is 3.35. The zero-order chi connectivity index (χ0) is 20.5. The van der Waals surface area contributed by atoms with Gasteiger partial charge in [-0.15, -0.1) is 0 Å². The second kappa shape index (κ2) is 10.8. The minimum atomic E-state index is -0.189. The van der Waals surface area contributed by atoms with Gasteiger partial charge in [-0.1, -0.05) is 36.4 Å². The lowest BCUT2D eigenvalue weighted by Gasteiger charge is -2.29. The molecule has 2 N–H and O–H groups in total. The summed E-state index contributed by atoms with van der Waals surface area (Å²) in [7, 11) is 1.75. The maximum absolute atomic E-state index is 14.6. The van der Waals surface area contributed by atoms with Crippen molar-refractivity contribution in [1.82, 2.24) is 10.6 Å². The predicted molar refractivity (Wildman–Crippen MR) is 117 cm³/mol. The minimum Gasteiger partial charge on any atom is -0.378 e. The third-order valence-corrected chi connectivity index (χ3v) is 5.14. The molecule has 0 aromatic heterocycles. The molecule has 3 rings (SSSR count). The molecule has 6 heteroatoms. The van der Waals surface area contributed by atoms with E-state index in [9.17, 15) is 4.39 Å². The molecule has 1 unspecified atom stereocenters. The van der Waals surface area contributed by atoms with Gasteiger partial charge < -0.3 is 20.3 Å². The molecule has 0 bridgehead atoms. The third-order valence-electron chi connectivity index (χ3n) is 5.14. The number of halogens is 1. The first kappa shape index (κ1) is 21.1. The standard InChI is InChI=1S/C23H31FN4O/c1-18(8-9-19-6-4-3-5-7-19)27-23(25-2)26-17-20-10-11-22(21(24)16-20)28-12-14-29-15-13-28/h3-7,10-11,16,18H,8-9,12-15,17H2,1-2H3,(H2,25,26,27). The highest BCUT2D eigenvalue weighted by atomic mass is 19.1. The Hall–Kier alpha value is -2.60. The van der Waals surface area contributed by atoms with Crippen molar-refractivity contribution in [2.24, 2.45) is 4.99 Å². The Morgan fingerprint density at radius 2 is 1.90 bits per heavy atom. The summed E-state index contributed by atoms with van der Waals surface area (Å²) in [4.78, 5) is 6.32. The molecule has 5 nitrogen and oxygen atoms in total. The first-order valence-corrected chi connectivity index (χ1v) is 10.3. The molecule has 0 radical (unpaired) electrons. The molecule has 0 amide bonds. The van der Waals surface area contributed by atoms with Crippen LogP contribution >= 0.6 is 0 Å². The average molecular weight is 399 g/mol. The molecule has 1 saturated heterocycles. The number of hydrogen-bond donors (Lipinski definition) is 2. The lowest BCUT2D eigenvalue weighted by atomic mass is 10.1. The first-order chi connectivity index (χ1) is 14.2. The van der Waals surface area contributed by atoms with Crippen molar-refractivity contribution in [3.63, 3.8) is 0 Å². The number of benzene rings is 2. The number of hydrogen-bond acceptors (Lipinski definition) is 3. The van der Waals surface area contributed by atoms with E-state index in [2.05, 4.69) is 46.8 Å². The second-order valence-corrected chi connectivity index (χ2v) is 7.38. The highest BCUT2D eigenvalue weighted by molar-refractivity contribution is 5.79. The minimum absolute atomic E-state index is 0.189. The van der Waals surface area contributed by atoms with Gasteiger partial charge in [-0.05, 0) is 43.0 Å². The van der Waals surface area contributed by atoms with Gasteiger partial charge in [0.1, 0.15) is 5.82 Å². The number of ether oxygens (including phenoxy) is 1. The van der Waals surface area contributed by atoms with Gasteiger partial charge in [0.15, 0.2) is 5.96 Å². The van der Waals surface area contributed by atoms with E-state index >= 15 is 0 Å². The Morgan fingerprint density at radius 3 is 2.59 bits per heavy atom. The van der Waals surface area contributed by atoms with E-state index < -0.39 is 0 Å². The van der Waals surface area contributed by atoms with E-state index in [1.54, 1.807) is 13.1 Å². The largest absolute Gasteiger partial charge is 0.378 e. The highest BCUT2D eigenvalue weighted by Crippen LogP contribution is 2.21. The fraction of sp³-hybridized carbons (Fsp3) is 0.435. The molecular formula is C23H31FN4O. The van der Waals surface area contributed by atoms with Crippen molar-refractivity contribution in [2.75, 3.05) is 38.3 Å². The molecule has 2 aromatic carbocycles. The van der Waals surface area contributed by atoms with E-state index in [0.717, 1.165) is 37.5 Å². The molecule has 1 aliphatic rings. The van der Waals surface area contributed by atoms with E-state index in [1.807, 2.05) is 23.1 Å². The number of aliphatic imine (C=N–C) groups is 1. The smallest absolute Gasteiger partial charge is 0.191 e.